The van der Waals surface area contributed by atoms with Crippen molar-refractivity contribution in [2.75, 3.05) is 12.4 Å². The lowest BCUT2D eigenvalue weighted by atomic mass is 10.1. The number of halogens is 2. The van der Waals surface area contributed by atoms with E-state index in [1.165, 1.54) is 36.6 Å². The molecule has 1 aromatic heterocycles. The minimum Gasteiger partial charge on any atom is -0.494 e. The molecule has 0 saturated carbocycles. The van der Waals surface area contributed by atoms with Gasteiger partial charge >= 0.3 is 0 Å². The molecule has 1 amide bonds. The van der Waals surface area contributed by atoms with Gasteiger partial charge in [0.1, 0.15) is 5.82 Å². The summed E-state index contributed by atoms with van der Waals surface area (Å²) in [6, 6.07) is 10.6. The van der Waals surface area contributed by atoms with Crippen molar-refractivity contribution in [2.24, 2.45) is 0 Å². The Morgan fingerprint density at radius 2 is 2.00 bits per heavy atom. The number of nitrogens with one attached hydrogen (secondary N) is 1. The molecule has 0 aliphatic heterocycles. The summed E-state index contributed by atoms with van der Waals surface area (Å²) in [7, 11) is 1.39. The zero-order valence-electron chi connectivity index (χ0n) is 13.3. The van der Waals surface area contributed by atoms with Crippen LogP contribution in [0, 0.1) is 11.6 Å². The number of aromatic nitrogens is 1. The Kier molecular flexibility index (Phi) is 5.04. The fraction of sp³-hybridized carbons (Fsp3) is 0.111. The number of carbonyl (C=O) groups excluding carboxylic acids is 1. The smallest absolute Gasteiger partial charge is 0.230 e. The van der Waals surface area contributed by atoms with Gasteiger partial charge in [-0.3, -0.25) is 4.79 Å². The minimum absolute atomic E-state index is 0.0846. The molecule has 3 rings (SSSR count). The second-order valence-corrected chi connectivity index (χ2v) is 6.06. The Morgan fingerprint density at radius 3 is 2.72 bits per heavy atom. The summed E-state index contributed by atoms with van der Waals surface area (Å²) in [4.78, 5) is 16.3. The van der Waals surface area contributed by atoms with E-state index in [2.05, 4.69) is 10.3 Å². The molecule has 3 aromatic rings. The van der Waals surface area contributed by atoms with Gasteiger partial charge in [0, 0.05) is 10.9 Å². The van der Waals surface area contributed by atoms with Gasteiger partial charge in [0.2, 0.25) is 5.91 Å². The monoisotopic (exact) mass is 360 g/mol. The third-order valence-corrected chi connectivity index (χ3v) is 4.26. The lowest BCUT2D eigenvalue weighted by molar-refractivity contribution is -0.115. The van der Waals surface area contributed by atoms with Crippen LogP contribution < -0.4 is 10.1 Å². The Bertz CT molecular complexity index is 912. The molecule has 0 saturated heterocycles. The van der Waals surface area contributed by atoms with Crippen molar-refractivity contribution in [1.82, 2.24) is 4.98 Å². The van der Waals surface area contributed by atoms with Crippen LogP contribution in [0.3, 0.4) is 0 Å². The van der Waals surface area contributed by atoms with Gasteiger partial charge in [0.15, 0.2) is 16.7 Å². The van der Waals surface area contributed by atoms with Gasteiger partial charge in [-0.05, 0) is 29.8 Å². The van der Waals surface area contributed by atoms with E-state index in [4.69, 9.17) is 4.74 Å². The summed E-state index contributed by atoms with van der Waals surface area (Å²) in [6.45, 7) is 0. The average Bonchev–Trinajstić information content (AvgIpc) is 3.05. The molecule has 0 aliphatic rings. The SMILES string of the molecule is COc1ccc(-c2csc(NC(=O)Cc3ccccc3F)n2)cc1F. The first-order valence-electron chi connectivity index (χ1n) is 7.39. The van der Waals surface area contributed by atoms with Crippen LogP contribution in [0.4, 0.5) is 13.9 Å². The van der Waals surface area contributed by atoms with Crippen molar-refractivity contribution >= 4 is 22.4 Å². The Morgan fingerprint density at radius 1 is 1.20 bits per heavy atom. The third-order valence-electron chi connectivity index (χ3n) is 3.51. The van der Waals surface area contributed by atoms with Gasteiger partial charge in [-0.2, -0.15) is 0 Å². The lowest BCUT2D eigenvalue weighted by Gasteiger charge is -2.04. The van der Waals surface area contributed by atoms with Crippen molar-refractivity contribution in [1.29, 1.82) is 0 Å². The molecule has 1 N–H and O–H groups in total. The molecule has 0 aliphatic carbocycles. The highest BCUT2D eigenvalue weighted by atomic mass is 32.1. The summed E-state index contributed by atoms with van der Waals surface area (Å²) in [6.07, 6.45) is -0.0846. The van der Waals surface area contributed by atoms with E-state index in [1.54, 1.807) is 29.6 Å². The van der Waals surface area contributed by atoms with Crippen molar-refractivity contribution in [3.8, 4) is 17.0 Å². The van der Waals surface area contributed by atoms with Gasteiger partial charge in [-0.25, -0.2) is 13.8 Å². The maximum atomic E-state index is 13.8. The number of methoxy groups -OCH3 is 1. The molecular weight excluding hydrogens is 346 g/mol. The lowest BCUT2D eigenvalue weighted by Crippen LogP contribution is -2.15. The topological polar surface area (TPSA) is 51.2 Å². The molecule has 25 heavy (non-hydrogen) atoms. The van der Waals surface area contributed by atoms with E-state index < -0.39 is 11.6 Å². The third kappa shape index (κ3) is 4.00. The van der Waals surface area contributed by atoms with Crippen molar-refractivity contribution in [3.63, 3.8) is 0 Å². The first-order valence-corrected chi connectivity index (χ1v) is 8.27. The van der Waals surface area contributed by atoms with Crippen molar-refractivity contribution in [3.05, 3.63) is 65.0 Å². The molecule has 0 atom stereocenters. The highest BCUT2D eigenvalue weighted by Crippen LogP contribution is 2.28. The zero-order chi connectivity index (χ0) is 17.8. The summed E-state index contributed by atoms with van der Waals surface area (Å²) in [5, 5.41) is 4.70. The number of thiazole rings is 1. The van der Waals surface area contributed by atoms with Crippen LogP contribution in [0.15, 0.2) is 47.8 Å². The Labute approximate surface area is 147 Å². The molecule has 0 spiro atoms. The summed E-state index contributed by atoms with van der Waals surface area (Å²) < 4.78 is 32.2. The number of benzene rings is 2. The van der Waals surface area contributed by atoms with Crippen LogP contribution in [-0.4, -0.2) is 18.0 Å². The number of amides is 1. The maximum absolute atomic E-state index is 13.8. The number of carbonyl (C=O) groups is 1. The number of ether oxygens (including phenoxy) is 1. The molecule has 0 fully saturated rings. The van der Waals surface area contributed by atoms with Gasteiger partial charge in [-0.1, -0.05) is 18.2 Å². The van der Waals surface area contributed by atoms with Crippen LogP contribution in [0.2, 0.25) is 0 Å². The summed E-state index contributed by atoms with van der Waals surface area (Å²) >= 11 is 1.21. The highest BCUT2D eigenvalue weighted by Gasteiger charge is 2.12. The number of nitrogens with zero attached hydrogens (tertiary/aromatic N) is 1. The van der Waals surface area contributed by atoms with E-state index >= 15 is 0 Å². The predicted octanol–water partition coefficient (Wildman–Crippen LogP) is 4.28. The predicted molar refractivity (Wildman–Crippen MR) is 92.8 cm³/mol. The van der Waals surface area contributed by atoms with Gasteiger partial charge in [0.25, 0.3) is 0 Å². The van der Waals surface area contributed by atoms with E-state index in [9.17, 15) is 13.6 Å². The van der Waals surface area contributed by atoms with Crippen LogP contribution >= 0.6 is 11.3 Å². The highest BCUT2D eigenvalue weighted by molar-refractivity contribution is 7.14. The summed E-state index contributed by atoms with van der Waals surface area (Å²) in [5.41, 5.74) is 1.42. The molecular formula is C18H14F2N2O2S. The maximum Gasteiger partial charge on any atom is 0.230 e. The van der Waals surface area contributed by atoms with Crippen LogP contribution in [0.1, 0.15) is 5.56 Å². The van der Waals surface area contributed by atoms with Gasteiger partial charge < -0.3 is 10.1 Å². The van der Waals surface area contributed by atoms with Crippen LogP contribution in [0.5, 0.6) is 5.75 Å². The second kappa shape index (κ2) is 7.40. The normalized spacial score (nSPS) is 10.5. The number of hydrogen-bond donors (Lipinski definition) is 1. The quantitative estimate of drug-likeness (QED) is 0.739. The van der Waals surface area contributed by atoms with Crippen molar-refractivity contribution < 1.29 is 18.3 Å². The van der Waals surface area contributed by atoms with Crippen LogP contribution in [-0.2, 0) is 11.2 Å². The second-order valence-electron chi connectivity index (χ2n) is 5.20. The number of anilines is 1. The molecule has 4 nitrogen and oxygen atoms in total. The Hall–Kier alpha value is -2.80. The first kappa shape index (κ1) is 17.0. The van der Waals surface area contributed by atoms with E-state index in [1.807, 2.05) is 0 Å². The number of rotatable bonds is 5. The molecule has 1 heterocycles. The van der Waals surface area contributed by atoms with E-state index in [0.717, 1.165) is 0 Å². The zero-order valence-corrected chi connectivity index (χ0v) is 14.1. The fourth-order valence-corrected chi connectivity index (χ4v) is 3.00. The molecule has 0 bridgehead atoms. The number of hydrogen-bond acceptors (Lipinski definition) is 4. The molecule has 2 aromatic carbocycles. The van der Waals surface area contributed by atoms with Crippen molar-refractivity contribution in [2.45, 2.75) is 6.42 Å². The van der Waals surface area contributed by atoms with E-state index in [-0.39, 0.29) is 18.1 Å². The standard InChI is InChI=1S/C18H14F2N2O2S/c1-24-16-7-6-12(8-14(16)20)15-10-25-18(21-15)22-17(23)9-11-4-2-3-5-13(11)19/h2-8,10H,9H2,1H3,(H,21,22,23). The minimum atomic E-state index is -0.488. The fourth-order valence-electron chi connectivity index (χ4n) is 2.27. The van der Waals surface area contributed by atoms with Gasteiger partial charge in [-0.15, -0.1) is 11.3 Å². The first-order chi connectivity index (χ1) is 12.1. The summed E-state index contributed by atoms with van der Waals surface area (Å²) in [5.74, 6) is -1.13. The van der Waals surface area contributed by atoms with E-state index in [0.29, 0.717) is 22.0 Å². The molecule has 7 heteroatoms. The largest absolute Gasteiger partial charge is 0.494 e. The average molecular weight is 360 g/mol. The molecule has 0 unspecified atom stereocenters. The molecule has 128 valence electrons. The van der Waals surface area contributed by atoms with Gasteiger partial charge in [0.05, 0.1) is 19.2 Å². The van der Waals surface area contributed by atoms with Crippen LogP contribution in [0.25, 0.3) is 11.3 Å². The Balaban J connectivity index is 1.70. The molecule has 0 radical (unpaired) electrons.